The minimum Gasteiger partial charge on any atom is -0.341 e. The molecule has 1 aliphatic carbocycles. The number of H-pyrrole nitrogens is 1. The van der Waals surface area contributed by atoms with E-state index in [-0.39, 0.29) is 0 Å². The van der Waals surface area contributed by atoms with Crippen molar-refractivity contribution in [3.8, 4) is 10.4 Å². The fourth-order valence-electron chi connectivity index (χ4n) is 4.94. The maximum Gasteiger partial charge on any atom is 0.121 e. The Morgan fingerprint density at radius 1 is 0.939 bits per heavy atom. The molecule has 1 N–H and O–H groups in total. The number of thiophene rings is 1. The average molecular weight is 451 g/mol. The summed E-state index contributed by atoms with van der Waals surface area (Å²) < 4.78 is 0. The van der Waals surface area contributed by atoms with Crippen molar-refractivity contribution in [1.82, 2.24) is 19.9 Å². The third-order valence-electron chi connectivity index (χ3n) is 6.54. The van der Waals surface area contributed by atoms with Crippen LogP contribution in [-0.2, 0) is 19.5 Å². The highest BCUT2D eigenvalue weighted by Crippen LogP contribution is 2.35. The average Bonchev–Trinajstić information content (AvgIpc) is 3.54. The van der Waals surface area contributed by atoms with Crippen LogP contribution in [0.4, 0.5) is 0 Å². The molecule has 1 unspecified atom stereocenters. The molecule has 5 heteroatoms. The second-order valence-corrected chi connectivity index (χ2v) is 9.68. The highest BCUT2D eigenvalue weighted by atomic mass is 32.1. The summed E-state index contributed by atoms with van der Waals surface area (Å²) in [6, 6.07) is 26.2. The van der Waals surface area contributed by atoms with Gasteiger partial charge in [-0.2, -0.15) is 0 Å². The first kappa shape index (κ1) is 20.3. The maximum atomic E-state index is 4.88. The highest BCUT2D eigenvalue weighted by Gasteiger charge is 2.28. The van der Waals surface area contributed by atoms with Crippen LogP contribution in [0.2, 0.25) is 0 Å². The summed E-state index contributed by atoms with van der Waals surface area (Å²) in [5.74, 6) is 1.01. The van der Waals surface area contributed by atoms with Gasteiger partial charge in [0, 0.05) is 17.6 Å². The van der Waals surface area contributed by atoms with Crippen LogP contribution in [0.15, 0.2) is 84.4 Å². The van der Waals surface area contributed by atoms with Gasteiger partial charge in [-0.05, 0) is 65.6 Å². The number of nitrogens with one attached hydrogen (secondary N) is 1. The number of imidazole rings is 1. The fraction of sp³-hybridized carbons (Fsp3) is 0.214. The minimum atomic E-state index is 0.292. The number of aromatic amines is 1. The molecule has 0 saturated heterocycles. The fourth-order valence-corrected chi connectivity index (χ4v) is 5.67. The lowest BCUT2D eigenvalue weighted by Crippen LogP contribution is -2.31. The van der Waals surface area contributed by atoms with Gasteiger partial charge in [0.05, 0.1) is 29.3 Å². The second-order valence-electron chi connectivity index (χ2n) is 8.74. The Morgan fingerprint density at radius 3 is 2.70 bits per heavy atom. The molecule has 164 valence electrons. The van der Waals surface area contributed by atoms with Crippen LogP contribution in [-0.4, -0.2) is 19.9 Å². The summed E-state index contributed by atoms with van der Waals surface area (Å²) in [5.41, 5.74) is 7.33. The number of para-hydroxylation sites is 2. The van der Waals surface area contributed by atoms with Gasteiger partial charge in [0.25, 0.3) is 0 Å². The van der Waals surface area contributed by atoms with E-state index in [4.69, 9.17) is 9.97 Å². The third kappa shape index (κ3) is 4.22. The third-order valence-corrected chi connectivity index (χ3v) is 7.46. The lowest BCUT2D eigenvalue weighted by molar-refractivity contribution is 0.153. The zero-order chi connectivity index (χ0) is 22.0. The molecule has 0 fully saturated rings. The van der Waals surface area contributed by atoms with E-state index in [1.54, 1.807) is 11.3 Å². The van der Waals surface area contributed by atoms with Crippen molar-refractivity contribution in [2.24, 2.45) is 0 Å². The van der Waals surface area contributed by atoms with Crippen LogP contribution in [0.3, 0.4) is 0 Å². The molecule has 33 heavy (non-hydrogen) atoms. The molecule has 0 saturated carbocycles. The Labute approximate surface area is 198 Å². The predicted octanol–water partition coefficient (Wildman–Crippen LogP) is 6.77. The van der Waals surface area contributed by atoms with Crippen molar-refractivity contribution in [1.29, 1.82) is 0 Å². The van der Waals surface area contributed by atoms with Crippen LogP contribution in [0.1, 0.15) is 41.5 Å². The Kier molecular flexibility index (Phi) is 5.50. The van der Waals surface area contributed by atoms with Crippen molar-refractivity contribution in [3.05, 3.63) is 107 Å². The summed E-state index contributed by atoms with van der Waals surface area (Å²) in [6.07, 6.45) is 5.37. The Morgan fingerprint density at radius 2 is 1.85 bits per heavy atom. The van der Waals surface area contributed by atoms with Gasteiger partial charge in [-0.3, -0.25) is 9.88 Å². The van der Waals surface area contributed by atoms with E-state index in [9.17, 15) is 0 Å². The number of aromatic nitrogens is 3. The van der Waals surface area contributed by atoms with Crippen molar-refractivity contribution in [2.75, 3.05) is 0 Å². The summed E-state index contributed by atoms with van der Waals surface area (Å²) in [4.78, 5) is 17.1. The van der Waals surface area contributed by atoms with Crippen molar-refractivity contribution < 1.29 is 0 Å². The first-order valence-corrected chi connectivity index (χ1v) is 12.5. The number of pyridine rings is 1. The SMILES string of the molecule is c1csc(-c2ccc(CN(Cc3nc4ccccc4[nH]3)C3CCCc4cccnc43)cc2)c1. The summed E-state index contributed by atoms with van der Waals surface area (Å²) >= 11 is 1.78. The Bertz CT molecular complexity index is 1320. The van der Waals surface area contributed by atoms with Crippen molar-refractivity contribution in [2.45, 2.75) is 38.4 Å². The van der Waals surface area contributed by atoms with Crippen LogP contribution in [0.5, 0.6) is 0 Å². The lowest BCUT2D eigenvalue weighted by atomic mass is 9.90. The summed E-state index contributed by atoms with van der Waals surface area (Å²) in [5, 5.41) is 2.13. The molecular weight excluding hydrogens is 424 g/mol. The molecule has 0 aliphatic heterocycles. The second kappa shape index (κ2) is 8.93. The van der Waals surface area contributed by atoms with Crippen molar-refractivity contribution >= 4 is 22.4 Å². The molecule has 3 heterocycles. The molecule has 0 bridgehead atoms. The van der Waals surface area contributed by atoms with E-state index >= 15 is 0 Å². The standard InChI is InChI=1S/C28H26N4S/c1-2-9-24-23(8-1)30-27(31-24)19-32(25-10-3-6-22-7-4-16-29-28(22)25)18-20-12-14-21(15-13-20)26-11-5-17-33-26/h1-2,4-5,7-9,11-17,25H,3,6,10,18-19H2,(H,30,31). The van der Waals surface area contributed by atoms with Crippen molar-refractivity contribution in [3.63, 3.8) is 0 Å². The molecule has 0 amide bonds. The zero-order valence-electron chi connectivity index (χ0n) is 18.4. The monoisotopic (exact) mass is 450 g/mol. The largest absolute Gasteiger partial charge is 0.341 e. The topological polar surface area (TPSA) is 44.8 Å². The van der Waals surface area contributed by atoms with Gasteiger partial charge in [-0.15, -0.1) is 11.3 Å². The van der Waals surface area contributed by atoms with Gasteiger partial charge in [-0.1, -0.05) is 48.5 Å². The Balaban J connectivity index is 1.32. The summed E-state index contributed by atoms with van der Waals surface area (Å²) in [7, 11) is 0. The van der Waals surface area contributed by atoms with Gasteiger partial charge in [0.1, 0.15) is 5.82 Å². The Hall–Kier alpha value is -3.28. The first-order valence-electron chi connectivity index (χ1n) is 11.6. The van der Waals surface area contributed by atoms with Gasteiger partial charge >= 0.3 is 0 Å². The number of benzene rings is 2. The quantitative estimate of drug-likeness (QED) is 0.311. The van der Waals surface area contributed by atoms with Gasteiger partial charge in [0.15, 0.2) is 0 Å². The molecule has 3 aromatic heterocycles. The molecular formula is C28H26N4S. The first-order chi connectivity index (χ1) is 16.3. The molecule has 4 nitrogen and oxygen atoms in total. The zero-order valence-corrected chi connectivity index (χ0v) is 19.3. The molecule has 0 radical (unpaired) electrons. The van der Waals surface area contributed by atoms with Crippen LogP contribution in [0.25, 0.3) is 21.5 Å². The smallest absolute Gasteiger partial charge is 0.121 e. The molecule has 1 atom stereocenters. The number of nitrogens with zero attached hydrogens (tertiary/aromatic N) is 3. The van der Waals surface area contributed by atoms with Crippen LogP contribution < -0.4 is 0 Å². The van der Waals surface area contributed by atoms with Crippen LogP contribution >= 0.6 is 11.3 Å². The van der Waals surface area contributed by atoms with E-state index < -0.39 is 0 Å². The molecule has 2 aromatic carbocycles. The summed E-state index contributed by atoms with van der Waals surface area (Å²) in [6.45, 7) is 1.63. The molecule has 6 rings (SSSR count). The van der Waals surface area contributed by atoms with E-state index in [1.165, 1.54) is 33.7 Å². The molecule has 1 aliphatic rings. The number of rotatable bonds is 6. The number of fused-ring (bicyclic) bond motifs is 2. The number of hydrogen-bond donors (Lipinski definition) is 1. The van der Waals surface area contributed by atoms with Gasteiger partial charge in [-0.25, -0.2) is 4.98 Å². The number of hydrogen-bond acceptors (Lipinski definition) is 4. The maximum absolute atomic E-state index is 4.88. The van der Waals surface area contributed by atoms with Gasteiger partial charge < -0.3 is 4.98 Å². The lowest BCUT2D eigenvalue weighted by Gasteiger charge is -2.34. The van der Waals surface area contributed by atoms with Crippen LogP contribution in [0, 0.1) is 0 Å². The van der Waals surface area contributed by atoms with E-state index in [2.05, 4.69) is 82.0 Å². The molecule has 5 aromatic rings. The van der Waals surface area contributed by atoms with Gasteiger partial charge in [0.2, 0.25) is 0 Å². The predicted molar refractivity (Wildman–Crippen MR) is 135 cm³/mol. The highest BCUT2D eigenvalue weighted by molar-refractivity contribution is 7.13. The van der Waals surface area contributed by atoms with E-state index in [0.29, 0.717) is 6.04 Å². The van der Waals surface area contributed by atoms with E-state index in [1.807, 2.05) is 12.3 Å². The molecule has 0 spiro atoms. The number of aryl methyl sites for hydroxylation is 1. The minimum absolute atomic E-state index is 0.292. The normalized spacial score (nSPS) is 15.7. The van der Waals surface area contributed by atoms with E-state index in [0.717, 1.165) is 42.8 Å².